The summed E-state index contributed by atoms with van der Waals surface area (Å²) in [4.78, 5) is 0. The van der Waals surface area contributed by atoms with Crippen LogP contribution in [0.25, 0.3) is 0 Å². The standard InChI is InChI=1S/C18H26FN/c1-12(14-7-5-6-8-15(14)19)20-16-17(2,3)13-9-10-18(16,4)11-13/h5-8,12-13,16,20H,9-11H2,1-4H3/t12-,13?,16?,18?/m1/s1. The van der Waals surface area contributed by atoms with E-state index in [9.17, 15) is 4.39 Å². The summed E-state index contributed by atoms with van der Waals surface area (Å²) in [6.07, 6.45) is 3.99. The molecule has 0 saturated heterocycles. The summed E-state index contributed by atoms with van der Waals surface area (Å²) in [5.41, 5.74) is 1.48. The molecule has 2 saturated carbocycles. The van der Waals surface area contributed by atoms with E-state index >= 15 is 0 Å². The van der Waals surface area contributed by atoms with Crippen molar-refractivity contribution in [1.82, 2.24) is 5.32 Å². The lowest BCUT2D eigenvalue weighted by Crippen LogP contribution is -2.51. The SMILES string of the molecule is C[C@@H](NC1C2(C)CCC(C2)C1(C)C)c1ccccc1F. The normalized spacial score (nSPS) is 36.2. The maximum absolute atomic E-state index is 13.9. The van der Waals surface area contributed by atoms with Gasteiger partial charge < -0.3 is 5.32 Å². The van der Waals surface area contributed by atoms with Gasteiger partial charge in [0.1, 0.15) is 5.82 Å². The Bertz CT molecular complexity index is 505. The highest BCUT2D eigenvalue weighted by Gasteiger charge is 2.59. The third kappa shape index (κ3) is 2.00. The Kier molecular flexibility index (Phi) is 3.20. The summed E-state index contributed by atoms with van der Waals surface area (Å²) in [5.74, 6) is 0.719. The number of benzene rings is 1. The second-order valence-electron chi connectivity index (χ2n) is 7.76. The molecule has 3 rings (SSSR count). The Morgan fingerprint density at radius 2 is 1.95 bits per heavy atom. The first-order valence-corrected chi connectivity index (χ1v) is 7.85. The molecule has 2 bridgehead atoms. The molecule has 2 aliphatic rings. The van der Waals surface area contributed by atoms with Gasteiger partial charge in [-0.3, -0.25) is 0 Å². The van der Waals surface area contributed by atoms with Crippen LogP contribution >= 0.6 is 0 Å². The summed E-state index contributed by atoms with van der Waals surface area (Å²) in [5, 5.41) is 3.76. The van der Waals surface area contributed by atoms with Crippen LogP contribution in [-0.4, -0.2) is 6.04 Å². The third-order valence-corrected chi connectivity index (χ3v) is 6.06. The van der Waals surface area contributed by atoms with Gasteiger partial charge in [-0.25, -0.2) is 4.39 Å². The Hall–Kier alpha value is -0.890. The quantitative estimate of drug-likeness (QED) is 0.843. The molecule has 2 fully saturated rings. The van der Waals surface area contributed by atoms with Crippen LogP contribution in [0.15, 0.2) is 24.3 Å². The Balaban J connectivity index is 1.83. The van der Waals surface area contributed by atoms with Crippen LogP contribution in [0.5, 0.6) is 0 Å². The van der Waals surface area contributed by atoms with E-state index < -0.39 is 0 Å². The van der Waals surface area contributed by atoms with Crippen LogP contribution in [0.4, 0.5) is 4.39 Å². The molecule has 4 atom stereocenters. The lowest BCUT2D eigenvalue weighted by Gasteiger charge is -2.44. The molecule has 110 valence electrons. The molecule has 0 aromatic heterocycles. The van der Waals surface area contributed by atoms with Crippen LogP contribution in [0.1, 0.15) is 58.6 Å². The minimum Gasteiger partial charge on any atom is -0.306 e. The van der Waals surface area contributed by atoms with Crippen molar-refractivity contribution >= 4 is 0 Å². The van der Waals surface area contributed by atoms with Crippen molar-refractivity contribution in [2.45, 2.75) is 59.0 Å². The predicted molar refractivity (Wildman–Crippen MR) is 81.0 cm³/mol. The van der Waals surface area contributed by atoms with Gasteiger partial charge in [0.2, 0.25) is 0 Å². The zero-order valence-electron chi connectivity index (χ0n) is 13.0. The van der Waals surface area contributed by atoms with E-state index in [0.717, 1.165) is 11.5 Å². The van der Waals surface area contributed by atoms with Gasteiger partial charge in [0.25, 0.3) is 0 Å². The molecule has 1 aromatic rings. The van der Waals surface area contributed by atoms with Gasteiger partial charge >= 0.3 is 0 Å². The summed E-state index contributed by atoms with van der Waals surface area (Å²) in [7, 11) is 0. The van der Waals surface area contributed by atoms with Crippen LogP contribution in [0, 0.1) is 22.6 Å². The molecular formula is C18H26FN. The molecule has 0 radical (unpaired) electrons. The van der Waals surface area contributed by atoms with E-state index in [0.29, 0.717) is 16.9 Å². The van der Waals surface area contributed by atoms with Crippen LogP contribution in [0.3, 0.4) is 0 Å². The average molecular weight is 275 g/mol. The van der Waals surface area contributed by atoms with Gasteiger partial charge in [0.15, 0.2) is 0 Å². The summed E-state index contributed by atoms with van der Waals surface area (Å²) in [6, 6.07) is 7.68. The third-order valence-electron chi connectivity index (χ3n) is 6.06. The van der Waals surface area contributed by atoms with Crippen LogP contribution < -0.4 is 5.32 Å². The Morgan fingerprint density at radius 1 is 1.25 bits per heavy atom. The summed E-state index contributed by atoms with van der Waals surface area (Å²) in [6.45, 7) is 9.26. The maximum Gasteiger partial charge on any atom is 0.127 e. The molecule has 2 aliphatic carbocycles. The number of hydrogen-bond donors (Lipinski definition) is 1. The van der Waals surface area contributed by atoms with Gasteiger partial charge in [-0.05, 0) is 49.0 Å². The van der Waals surface area contributed by atoms with Crippen molar-refractivity contribution < 1.29 is 4.39 Å². The monoisotopic (exact) mass is 275 g/mol. The highest BCUT2D eigenvalue weighted by molar-refractivity contribution is 5.22. The largest absolute Gasteiger partial charge is 0.306 e. The molecule has 3 unspecified atom stereocenters. The van der Waals surface area contributed by atoms with E-state index in [1.54, 1.807) is 12.1 Å². The summed E-state index contributed by atoms with van der Waals surface area (Å²) >= 11 is 0. The van der Waals surface area contributed by atoms with E-state index in [1.807, 2.05) is 12.1 Å². The Morgan fingerprint density at radius 3 is 2.55 bits per heavy atom. The fraction of sp³-hybridized carbons (Fsp3) is 0.667. The lowest BCUT2D eigenvalue weighted by atomic mass is 9.68. The van der Waals surface area contributed by atoms with Gasteiger partial charge in [0, 0.05) is 17.6 Å². The molecule has 2 heteroatoms. The van der Waals surface area contributed by atoms with Gasteiger partial charge in [-0.2, -0.15) is 0 Å². The second kappa shape index (κ2) is 4.56. The fourth-order valence-corrected chi connectivity index (χ4v) is 4.88. The highest BCUT2D eigenvalue weighted by atomic mass is 19.1. The molecule has 0 spiro atoms. The van der Waals surface area contributed by atoms with Gasteiger partial charge in [0.05, 0.1) is 0 Å². The Labute approximate surface area is 122 Å². The minimum absolute atomic E-state index is 0.0663. The first-order chi connectivity index (χ1) is 9.34. The molecular weight excluding hydrogens is 249 g/mol. The van der Waals surface area contributed by atoms with E-state index in [2.05, 4.69) is 33.0 Å². The van der Waals surface area contributed by atoms with Crippen molar-refractivity contribution in [1.29, 1.82) is 0 Å². The van der Waals surface area contributed by atoms with Crippen molar-refractivity contribution in [2.24, 2.45) is 16.7 Å². The lowest BCUT2D eigenvalue weighted by molar-refractivity contribution is 0.0998. The zero-order chi connectivity index (χ0) is 14.5. The maximum atomic E-state index is 13.9. The zero-order valence-corrected chi connectivity index (χ0v) is 13.0. The number of rotatable bonds is 3. The molecule has 20 heavy (non-hydrogen) atoms. The average Bonchev–Trinajstić information content (AvgIpc) is 2.86. The van der Waals surface area contributed by atoms with Crippen molar-refractivity contribution in [2.75, 3.05) is 0 Å². The summed E-state index contributed by atoms with van der Waals surface area (Å²) < 4.78 is 13.9. The van der Waals surface area contributed by atoms with Crippen LogP contribution in [-0.2, 0) is 0 Å². The number of hydrogen-bond acceptors (Lipinski definition) is 1. The number of halogens is 1. The molecule has 1 nitrogen and oxygen atoms in total. The topological polar surface area (TPSA) is 12.0 Å². The van der Waals surface area contributed by atoms with Gasteiger partial charge in [-0.15, -0.1) is 0 Å². The van der Waals surface area contributed by atoms with E-state index in [4.69, 9.17) is 0 Å². The predicted octanol–water partition coefficient (Wildman–Crippen LogP) is 4.69. The molecule has 0 heterocycles. The number of nitrogens with one attached hydrogen (secondary N) is 1. The van der Waals surface area contributed by atoms with Gasteiger partial charge in [-0.1, -0.05) is 39.0 Å². The molecule has 1 aromatic carbocycles. The second-order valence-corrected chi connectivity index (χ2v) is 7.76. The molecule has 0 amide bonds. The first-order valence-electron chi connectivity index (χ1n) is 7.85. The van der Waals surface area contributed by atoms with Crippen molar-refractivity contribution in [3.63, 3.8) is 0 Å². The van der Waals surface area contributed by atoms with Crippen molar-refractivity contribution in [3.05, 3.63) is 35.6 Å². The van der Waals surface area contributed by atoms with Crippen LogP contribution in [0.2, 0.25) is 0 Å². The number of fused-ring (bicyclic) bond motifs is 2. The molecule has 0 aliphatic heterocycles. The minimum atomic E-state index is -0.0985. The van der Waals surface area contributed by atoms with E-state index in [1.165, 1.54) is 19.3 Å². The van der Waals surface area contributed by atoms with Crippen molar-refractivity contribution in [3.8, 4) is 0 Å². The fourth-order valence-electron chi connectivity index (χ4n) is 4.88. The molecule has 1 N–H and O–H groups in total. The van der Waals surface area contributed by atoms with E-state index in [-0.39, 0.29) is 11.9 Å². The highest BCUT2D eigenvalue weighted by Crippen LogP contribution is 2.62. The first kappa shape index (κ1) is 14.1. The smallest absolute Gasteiger partial charge is 0.127 e.